The van der Waals surface area contributed by atoms with E-state index in [0.29, 0.717) is 11.6 Å². The van der Waals surface area contributed by atoms with Crippen LogP contribution in [0.5, 0.6) is 0 Å². The number of para-hydroxylation sites is 1. The van der Waals surface area contributed by atoms with Gasteiger partial charge in [0, 0.05) is 57.5 Å². The quantitative estimate of drug-likeness (QED) is 0.689. The van der Waals surface area contributed by atoms with Crippen LogP contribution in [0.15, 0.2) is 61.1 Å². The molecule has 2 aromatic heterocycles. The Morgan fingerprint density at radius 1 is 0.821 bits per heavy atom. The standard InChI is InChI=1S/C20H21N7O/c1-25(16-6-3-2-4-7-16)18(28)17-8-11-23-20(24-17)27-14-12-26(13-15-27)19-21-9-5-10-22-19/h2-11H,12-15H2,1H3. The van der Waals surface area contributed by atoms with Crippen molar-refractivity contribution in [3.63, 3.8) is 0 Å². The molecule has 3 aromatic rings. The smallest absolute Gasteiger partial charge is 0.276 e. The Bertz CT molecular complexity index is 928. The third-order valence-corrected chi connectivity index (χ3v) is 4.71. The molecule has 28 heavy (non-hydrogen) atoms. The highest BCUT2D eigenvalue weighted by Crippen LogP contribution is 2.17. The monoisotopic (exact) mass is 375 g/mol. The zero-order valence-electron chi connectivity index (χ0n) is 15.6. The van der Waals surface area contributed by atoms with Crippen molar-refractivity contribution in [1.29, 1.82) is 0 Å². The van der Waals surface area contributed by atoms with Crippen molar-refractivity contribution in [2.24, 2.45) is 0 Å². The Morgan fingerprint density at radius 2 is 1.43 bits per heavy atom. The van der Waals surface area contributed by atoms with Gasteiger partial charge in [-0.05, 0) is 24.3 Å². The molecule has 4 rings (SSSR count). The molecule has 0 radical (unpaired) electrons. The van der Waals surface area contributed by atoms with Crippen LogP contribution in [0.1, 0.15) is 10.5 Å². The van der Waals surface area contributed by atoms with Gasteiger partial charge < -0.3 is 14.7 Å². The van der Waals surface area contributed by atoms with Gasteiger partial charge in [-0.2, -0.15) is 0 Å². The van der Waals surface area contributed by atoms with E-state index in [2.05, 4.69) is 29.7 Å². The first-order valence-electron chi connectivity index (χ1n) is 9.15. The fraction of sp³-hybridized carbons (Fsp3) is 0.250. The van der Waals surface area contributed by atoms with Crippen molar-refractivity contribution in [2.45, 2.75) is 0 Å². The molecule has 8 nitrogen and oxygen atoms in total. The summed E-state index contributed by atoms with van der Waals surface area (Å²) < 4.78 is 0. The van der Waals surface area contributed by atoms with Gasteiger partial charge in [0.25, 0.3) is 5.91 Å². The highest BCUT2D eigenvalue weighted by Gasteiger charge is 2.22. The van der Waals surface area contributed by atoms with Gasteiger partial charge in [0.1, 0.15) is 5.69 Å². The molecule has 1 saturated heterocycles. The Hall–Kier alpha value is -3.55. The molecule has 0 spiro atoms. The van der Waals surface area contributed by atoms with Gasteiger partial charge >= 0.3 is 0 Å². The summed E-state index contributed by atoms with van der Waals surface area (Å²) in [5.41, 5.74) is 1.20. The number of carbonyl (C=O) groups is 1. The van der Waals surface area contributed by atoms with Gasteiger partial charge in [0.15, 0.2) is 0 Å². The maximum atomic E-state index is 12.8. The minimum absolute atomic E-state index is 0.161. The minimum atomic E-state index is -0.161. The lowest BCUT2D eigenvalue weighted by atomic mass is 10.2. The van der Waals surface area contributed by atoms with Crippen LogP contribution in [-0.2, 0) is 0 Å². The highest BCUT2D eigenvalue weighted by molar-refractivity contribution is 6.04. The van der Waals surface area contributed by atoms with Crippen LogP contribution >= 0.6 is 0 Å². The van der Waals surface area contributed by atoms with Crippen molar-refractivity contribution in [3.05, 3.63) is 66.7 Å². The first-order valence-corrected chi connectivity index (χ1v) is 9.15. The van der Waals surface area contributed by atoms with Crippen LogP contribution in [0.25, 0.3) is 0 Å². The molecule has 1 aliphatic heterocycles. The maximum absolute atomic E-state index is 12.8. The van der Waals surface area contributed by atoms with E-state index >= 15 is 0 Å². The van der Waals surface area contributed by atoms with Crippen LogP contribution in [0.4, 0.5) is 17.6 Å². The van der Waals surface area contributed by atoms with Crippen LogP contribution in [0, 0.1) is 0 Å². The third kappa shape index (κ3) is 3.75. The lowest BCUT2D eigenvalue weighted by Gasteiger charge is -2.34. The summed E-state index contributed by atoms with van der Waals surface area (Å²) in [6.07, 6.45) is 5.13. The van der Waals surface area contributed by atoms with Crippen LogP contribution in [-0.4, -0.2) is 59.1 Å². The van der Waals surface area contributed by atoms with E-state index < -0.39 is 0 Å². The SMILES string of the molecule is CN(C(=O)c1ccnc(N2CCN(c3ncccn3)CC2)n1)c1ccccc1. The average molecular weight is 375 g/mol. The van der Waals surface area contributed by atoms with E-state index in [-0.39, 0.29) is 5.91 Å². The van der Waals surface area contributed by atoms with Crippen LogP contribution in [0.2, 0.25) is 0 Å². The first kappa shape index (κ1) is 17.8. The molecule has 0 atom stereocenters. The van der Waals surface area contributed by atoms with E-state index in [4.69, 9.17) is 0 Å². The predicted octanol–water partition coefficient (Wildman–Crippen LogP) is 1.87. The fourth-order valence-electron chi connectivity index (χ4n) is 3.12. The Labute approximate surface area is 163 Å². The summed E-state index contributed by atoms with van der Waals surface area (Å²) in [4.78, 5) is 36.1. The molecule has 1 aliphatic rings. The second-order valence-corrected chi connectivity index (χ2v) is 6.46. The summed E-state index contributed by atoms with van der Waals surface area (Å²) >= 11 is 0. The van der Waals surface area contributed by atoms with Crippen molar-refractivity contribution in [1.82, 2.24) is 19.9 Å². The lowest BCUT2D eigenvalue weighted by molar-refractivity contribution is 0.0988. The Morgan fingerprint density at radius 3 is 2.11 bits per heavy atom. The molecule has 3 heterocycles. The average Bonchev–Trinajstić information content (AvgIpc) is 2.79. The van der Waals surface area contributed by atoms with Gasteiger partial charge in [-0.1, -0.05) is 18.2 Å². The van der Waals surface area contributed by atoms with Gasteiger partial charge in [0.05, 0.1) is 0 Å². The molecular formula is C20H21N7O. The Balaban J connectivity index is 1.45. The van der Waals surface area contributed by atoms with E-state index in [1.165, 1.54) is 0 Å². The summed E-state index contributed by atoms with van der Waals surface area (Å²) in [5, 5.41) is 0. The molecule has 142 valence electrons. The zero-order chi connectivity index (χ0) is 19.3. The third-order valence-electron chi connectivity index (χ3n) is 4.71. The number of rotatable bonds is 4. The number of carbonyl (C=O) groups excluding carboxylic acids is 1. The van der Waals surface area contributed by atoms with Gasteiger partial charge in [-0.3, -0.25) is 4.79 Å². The molecular weight excluding hydrogens is 354 g/mol. The molecule has 0 N–H and O–H groups in total. The largest absolute Gasteiger partial charge is 0.337 e. The highest BCUT2D eigenvalue weighted by atomic mass is 16.2. The maximum Gasteiger partial charge on any atom is 0.276 e. The van der Waals surface area contributed by atoms with E-state index in [9.17, 15) is 4.79 Å². The summed E-state index contributed by atoms with van der Waals surface area (Å²) in [6, 6.07) is 13.0. The zero-order valence-corrected chi connectivity index (χ0v) is 15.6. The molecule has 0 saturated carbocycles. The second kappa shape index (κ2) is 7.99. The molecule has 0 aliphatic carbocycles. The molecule has 0 bridgehead atoms. The number of benzene rings is 1. The molecule has 1 fully saturated rings. The Kier molecular flexibility index (Phi) is 5.09. The summed E-state index contributed by atoms with van der Waals surface area (Å²) in [5.74, 6) is 1.14. The predicted molar refractivity (Wildman–Crippen MR) is 108 cm³/mol. The minimum Gasteiger partial charge on any atom is -0.337 e. The summed E-state index contributed by atoms with van der Waals surface area (Å²) in [7, 11) is 1.75. The van der Waals surface area contributed by atoms with E-state index in [0.717, 1.165) is 37.8 Å². The second-order valence-electron chi connectivity index (χ2n) is 6.46. The molecule has 1 amide bonds. The van der Waals surface area contributed by atoms with E-state index in [1.54, 1.807) is 36.6 Å². The van der Waals surface area contributed by atoms with Crippen LogP contribution in [0.3, 0.4) is 0 Å². The fourth-order valence-corrected chi connectivity index (χ4v) is 3.12. The van der Waals surface area contributed by atoms with Crippen molar-refractivity contribution in [2.75, 3.05) is 47.9 Å². The summed E-state index contributed by atoms with van der Waals surface area (Å²) in [6.45, 7) is 3.03. The number of amides is 1. The van der Waals surface area contributed by atoms with Crippen LogP contribution < -0.4 is 14.7 Å². The van der Waals surface area contributed by atoms with Gasteiger partial charge in [0.2, 0.25) is 11.9 Å². The van der Waals surface area contributed by atoms with E-state index in [1.807, 2.05) is 36.4 Å². The van der Waals surface area contributed by atoms with Crippen molar-refractivity contribution >= 4 is 23.5 Å². The first-order chi connectivity index (χ1) is 13.7. The van der Waals surface area contributed by atoms with Crippen molar-refractivity contribution < 1.29 is 4.79 Å². The lowest BCUT2D eigenvalue weighted by Crippen LogP contribution is -2.47. The number of aromatic nitrogens is 4. The van der Waals surface area contributed by atoms with Crippen molar-refractivity contribution in [3.8, 4) is 0 Å². The number of hydrogen-bond acceptors (Lipinski definition) is 7. The van der Waals surface area contributed by atoms with Gasteiger partial charge in [-0.15, -0.1) is 0 Å². The number of anilines is 3. The molecule has 0 unspecified atom stereocenters. The number of piperazine rings is 1. The molecule has 1 aromatic carbocycles. The van der Waals surface area contributed by atoms with Gasteiger partial charge in [-0.25, -0.2) is 19.9 Å². The normalized spacial score (nSPS) is 14.0. The number of nitrogens with zero attached hydrogens (tertiary/aromatic N) is 7. The molecule has 8 heteroatoms. The number of hydrogen-bond donors (Lipinski definition) is 0. The topological polar surface area (TPSA) is 78.4 Å².